The molecule has 136 valence electrons. The summed E-state index contributed by atoms with van der Waals surface area (Å²) in [7, 11) is 0. The van der Waals surface area contributed by atoms with E-state index >= 15 is 0 Å². The summed E-state index contributed by atoms with van der Waals surface area (Å²) in [5.74, 6) is -0.199. The van der Waals surface area contributed by atoms with Crippen LogP contribution in [0.25, 0.3) is 0 Å². The topological polar surface area (TPSA) is 76.9 Å². The van der Waals surface area contributed by atoms with Crippen molar-refractivity contribution in [3.63, 3.8) is 0 Å². The smallest absolute Gasteiger partial charge is 0.370 e. The number of aromatic nitrogens is 4. The maximum absolute atomic E-state index is 13.0. The van der Waals surface area contributed by atoms with E-state index in [1.807, 2.05) is 13.8 Å². The Morgan fingerprint density at radius 1 is 1.32 bits per heavy atom. The molecule has 1 aliphatic rings. The number of halogens is 3. The van der Waals surface area contributed by atoms with Gasteiger partial charge >= 0.3 is 6.18 Å². The van der Waals surface area contributed by atoms with Crippen LogP contribution in [0.15, 0.2) is 12.4 Å². The molecule has 2 aromatic heterocycles. The zero-order valence-electron chi connectivity index (χ0n) is 14.1. The van der Waals surface area contributed by atoms with Gasteiger partial charge in [-0.05, 0) is 20.8 Å². The summed E-state index contributed by atoms with van der Waals surface area (Å²) < 4.78 is 46.6. The first kappa shape index (κ1) is 17.5. The Morgan fingerprint density at radius 2 is 2.08 bits per heavy atom. The SMILES string of the molecule is CCNc1nc(Nc2cnn3c2COC(C)(C)C3)ncc1C(F)(F)F. The molecular weight excluding hydrogens is 337 g/mol. The fourth-order valence-corrected chi connectivity index (χ4v) is 2.55. The molecule has 7 nitrogen and oxygen atoms in total. The monoisotopic (exact) mass is 356 g/mol. The normalized spacial score (nSPS) is 16.4. The van der Waals surface area contributed by atoms with Crippen molar-refractivity contribution >= 4 is 17.5 Å². The molecule has 0 aromatic carbocycles. The predicted molar refractivity (Wildman–Crippen MR) is 85.6 cm³/mol. The van der Waals surface area contributed by atoms with Crippen molar-refractivity contribution in [1.29, 1.82) is 0 Å². The molecule has 0 saturated carbocycles. The number of anilines is 3. The fourth-order valence-electron chi connectivity index (χ4n) is 2.55. The predicted octanol–water partition coefficient (Wildman–Crippen LogP) is 3.18. The molecule has 0 atom stereocenters. The Kier molecular flexibility index (Phi) is 4.31. The number of hydrogen-bond acceptors (Lipinski definition) is 6. The van der Waals surface area contributed by atoms with Crippen molar-refractivity contribution in [2.75, 3.05) is 17.2 Å². The standard InChI is InChI=1S/C15H19F3N6O/c1-4-19-12-9(15(16,17)18)5-20-13(23-12)22-10-6-21-24-8-14(2,3)25-7-11(10)24/h5-6H,4,7-8H2,1-3H3,(H2,19,20,22,23). The van der Waals surface area contributed by atoms with E-state index < -0.39 is 11.7 Å². The Bertz CT molecular complexity index is 771. The first-order valence-electron chi connectivity index (χ1n) is 7.83. The van der Waals surface area contributed by atoms with Crippen LogP contribution in [-0.2, 0) is 24.1 Å². The maximum atomic E-state index is 13.0. The van der Waals surface area contributed by atoms with Crippen molar-refractivity contribution < 1.29 is 17.9 Å². The van der Waals surface area contributed by atoms with Crippen molar-refractivity contribution in [3.8, 4) is 0 Å². The second kappa shape index (κ2) is 6.17. The molecule has 0 saturated heterocycles. The van der Waals surface area contributed by atoms with Gasteiger partial charge in [0, 0.05) is 12.7 Å². The van der Waals surface area contributed by atoms with Crippen LogP contribution in [0, 0.1) is 0 Å². The van der Waals surface area contributed by atoms with E-state index in [2.05, 4.69) is 25.7 Å². The molecule has 0 bridgehead atoms. The van der Waals surface area contributed by atoms with Gasteiger partial charge in [-0.1, -0.05) is 0 Å². The number of nitrogens with one attached hydrogen (secondary N) is 2. The van der Waals surface area contributed by atoms with Gasteiger partial charge in [0.15, 0.2) is 0 Å². The molecule has 3 rings (SSSR count). The van der Waals surface area contributed by atoms with Crippen LogP contribution in [0.2, 0.25) is 0 Å². The van der Waals surface area contributed by atoms with Crippen molar-refractivity contribution in [2.24, 2.45) is 0 Å². The zero-order chi connectivity index (χ0) is 18.2. The maximum Gasteiger partial charge on any atom is 0.421 e. The lowest BCUT2D eigenvalue weighted by Crippen LogP contribution is -2.36. The third-order valence-corrected chi connectivity index (χ3v) is 3.76. The minimum Gasteiger partial charge on any atom is -0.370 e. The Morgan fingerprint density at radius 3 is 2.76 bits per heavy atom. The van der Waals surface area contributed by atoms with Crippen molar-refractivity contribution in [2.45, 2.75) is 45.7 Å². The fraction of sp³-hybridized carbons (Fsp3) is 0.533. The lowest BCUT2D eigenvalue weighted by molar-refractivity contribution is -0.137. The van der Waals surface area contributed by atoms with Gasteiger partial charge < -0.3 is 15.4 Å². The van der Waals surface area contributed by atoms with Gasteiger partial charge in [0.25, 0.3) is 0 Å². The highest BCUT2D eigenvalue weighted by molar-refractivity contribution is 5.58. The third kappa shape index (κ3) is 3.68. The summed E-state index contributed by atoms with van der Waals surface area (Å²) in [6.45, 7) is 6.86. The minimum absolute atomic E-state index is 0.0598. The van der Waals surface area contributed by atoms with Crippen molar-refractivity contribution in [1.82, 2.24) is 19.7 Å². The molecule has 3 heterocycles. The largest absolute Gasteiger partial charge is 0.421 e. The van der Waals surface area contributed by atoms with E-state index in [1.165, 1.54) is 0 Å². The van der Waals surface area contributed by atoms with E-state index in [1.54, 1.807) is 17.8 Å². The summed E-state index contributed by atoms with van der Waals surface area (Å²) >= 11 is 0. The lowest BCUT2D eigenvalue weighted by Gasteiger charge is -2.31. The van der Waals surface area contributed by atoms with E-state index in [-0.39, 0.29) is 17.4 Å². The highest BCUT2D eigenvalue weighted by Gasteiger charge is 2.35. The van der Waals surface area contributed by atoms with Gasteiger partial charge in [0.05, 0.1) is 36.3 Å². The van der Waals surface area contributed by atoms with E-state index in [0.29, 0.717) is 25.4 Å². The molecule has 1 aliphatic heterocycles. The number of hydrogen-bond donors (Lipinski definition) is 2. The molecule has 10 heteroatoms. The highest BCUT2D eigenvalue weighted by Crippen LogP contribution is 2.34. The van der Waals surface area contributed by atoms with Crippen LogP contribution in [0.4, 0.5) is 30.6 Å². The Balaban J connectivity index is 1.87. The number of alkyl halides is 3. The zero-order valence-corrected chi connectivity index (χ0v) is 14.1. The molecule has 0 radical (unpaired) electrons. The van der Waals surface area contributed by atoms with E-state index in [4.69, 9.17) is 4.74 Å². The van der Waals surface area contributed by atoms with Crippen LogP contribution >= 0.6 is 0 Å². The Labute approximate surface area is 142 Å². The molecule has 0 unspecified atom stereocenters. The summed E-state index contributed by atoms with van der Waals surface area (Å²) in [6.07, 6.45) is -2.16. The second-order valence-corrected chi connectivity index (χ2v) is 6.32. The molecule has 2 N–H and O–H groups in total. The van der Waals surface area contributed by atoms with Crippen LogP contribution in [0.5, 0.6) is 0 Å². The molecule has 0 fully saturated rings. The summed E-state index contributed by atoms with van der Waals surface area (Å²) in [5.41, 5.74) is 0.187. The molecular formula is C15H19F3N6O. The minimum atomic E-state index is -4.52. The van der Waals surface area contributed by atoms with Crippen LogP contribution in [0.3, 0.4) is 0 Å². The second-order valence-electron chi connectivity index (χ2n) is 6.32. The summed E-state index contributed by atoms with van der Waals surface area (Å²) in [6, 6.07) is 0. The summed E-state index contributed by atoms with van der Waals surface area (Å²) in [5, 5.41) is 9.83. The number of fused-ring (bicyclic) bond motifs is 1. The van der Waals surface area contributed by atoms with Gasteiger partial charge in [-0.3, -0.25) is 4.68 Å². The third-order valence-electron chi connectivity index (χ3n) is 3.76. The van der Waals surface area contributed by atoms with E-state index in [0.717, 1.165) is 11.9 Å². The number of rotatable bonds is 4. The van der Waals surface area contributed by atoms with Crippen LogP contribution < -0.4 is 10.6 Å². The molecule has 25 heavy (non-hydrogen) atoms. The average Bonchev–Trinajstić information content (AvgIpc) is 2.87. The van der Waals surface area contributed by atoms with Gasteiger partial charge in [-0.15, -0.1) is 0 Å². The van der Waals surface area contributed by atoms with Gasteiger partial charge in [-0.2, -0.15) is 23.3 Å². The van der Waals surface area contributed by atoms with Gasteiger partial charge in [-0.25, -0.2) is 4.98 Å². The number of nitrogens with zero attached hydrogens (tertiary/aromatic N) is 4. The van der Waals surface area contributed by atoms with Gasteiger partial charge in [0.2, 0.25) is 5.95 Å². The van der Waals surface area contributed by atoms with Crippen molar-refractivity contribution in [3.05, 3.63) is 23.7 Å². The van der Waals surface area contributed by atoms with Gasteiger partial charge in [0.1, 0.15) is 11.4 Å². The molecule has 0 aliphatic carbocycles. The molecule has 0 spiro atoms. The van der Waals surface area contributed by atoms with Crippen LogP contribution in [-0.4, -0.2) is 31.9 Å². The Hall–Kier alpha value is -2.36. The average molecular weight is 356 g/mol. The lowest BCUT2D eigenvalue weighted by atomic mass is 10.1. The quantitative estimate of drug-likeness (QED) is 0.876. The number of ether oxygens (including phenoxy) is 1. The molecule has 2 aromatic rings. The summed E-state index contributed by atoms with van der Waals surface area (Å²) in [4.78, 5) is 7.73. The molecule has 0 amide bonds. The first-order chi connectivity index (χ1) is 11.7. The van der Waals surface area contributed by atoms with Crippen LogP contribution in [0.1, 0.15) is 32.0 Å². The van der Waals surface area contributed by atoms with E-state index in [9.17, 15) is 13.2 Å². The first-order valence-corrected chi connectivity index (χ1v) is 7.83. The highest BCUT2D eigenvalue weighted by atomic mass is 19.4.